The fraction of sp³-hybridized carbons (Fsp3) is 0.125. The lowest BCUT2D eigenvalue weighted by Crippen LogP contribution is -2.03. The Morgan fingerprint density at radius 2 is 1.80 bits per heavy atom. The van der Waals surface area contributed by atoms with Crippen LogP contribution in [0.1, 0.15) is 5.56 Å². The molecule has 0 spiro atoms. The predicted molar refractivity (Wildman–Crippen MR) is 83.0 cm³/mol. The first-order valence-corrected chi connectivity index (χ1v) is 6.98. The minimum Gasteiger partial charge on any atom is -0.337 e. The van der Waals surface area contributed by atoms with Gasteiger partial charge >= 0.3 is 0 Å². The highest BCUT2D eigenvalue weighted by atomic mass is 32.1. The Kier molecular flexibility index (Phi) is 3.74. The summed E-state index contributed by atoms with van der Waals surface area (Å²) in [4.78, 5) is 7.18. The Bertz CT molecular complexity index is 729. The van der Waals surface area contributed by atoms with Crippen LogP contribution in [0.3, 0.4) is 0 Å². The zero-order valence-corrected chi connectivity index (χ0v) is 11.8. The van der Waals surface area contributed by atoms with Gasteiger partial charge in [-0.05, 0) is 41.9 Å². The predicted octanol–water partition coefficient (Wildman–Crippen LogP) is 3.85. The maximum atomic E-state index is 5.38. The van der Waals surface area contributed by atoms with Gasteiger partial charge in [-0.2, -0.15) is 0 Å². The van der Waals surface area contributed by atoms with Crippen LogP contribution in [0.4, 0.5) is 0 Å². The molecule has 0 unspecified atom stereocenters. The summed E-state index contributed by atoms with van der Waals surface area (Å²) in [7, 11) is 0. The lowest BCUT2D eigenvalue weighted by molar-refractivity contribution is 0.692. The zero-order chi connectivity index (χ0) is 13.8. The molecule has 3 nitrogen and oxygen atoms in total. The molecule has 4 heteroatoms. The van der Waals surface area contributed by atoms with Crippen LogP contribution in [0.15, 0.2) is 61.1 Å². The second-order valence-corrected chi connectivity index (χ2v) is 4.99. The van der Waals surface area contributed by atoms with Gasteiger partial charge in [-0.1, -0.05) is 30.3 Å². The molecule has 0 atom stereocenters. The smallest absolute Gasteiger partial charge is 0.177 e. The number of rotatable bonds is 4. The first-order valence-electron chi connectivity index (χ1n) is 6.57. The van der Waals surface area contributed by atoms with E-state index in [1.54, 1.807) is 0 Å². The van der Waals surface area contributed by atoms with Crippen LogP contribution in [0.2, 0.25) is 0 Å². The van der Waals surface area contributed by atoms with Gasteiger partial charge in [-0.25, -0.2) is 0 Å². The van der Waals surface area contributed by atoms with E-state index in [2.05, 4.69) is 26.7 Å². The van der Waals surface area contributed by atoms with Gasteiger partial charge in [0.1, 0.15) is 0 Å². The molecule has 2 aromatic heterocycles. The van der Waals surface area contributed by atoms with Crippen molar-refractivity contribution in [2.24, 2.45) is 0 Å². The fourth-order valence-electron chi connectivity index (χ4n) is 2.26. The molecule has 0 saturated heterocycles. The van der Waals surface area contributed by atoms with Gasteiger partial charge in [0, 0.05) is 25.1 Å². The van der Waals surface area contributed by atoms with Gasteiger partial charge in [0.15, 0.2) is 4.77 Å². The van der Waals surface area contributed by atoms with Gasteiger partial charge in [-0.15, -0.1) is 0 Å². The van der Waals surface area contributed by atoms with Gasteiger partial charge in [0.25, 0.3) is 0 Å². The Balaban J connectivity index is 1.87. The molecule has 1 N–H and O–H groups in total. The zero-order valence-electron chi connectivity index (χ0n) is 11.0. The quantitative estimate of drug-likeness (QED) is 0.737. The molecule has 0 radical (unpaired) electrons. The summed E-state index contributed by atoms with van der Waals surface area (Å²) in [5.74, 6) is 0. The number of nitrogens with one attached hydrogen (secondary N) is 1. The van der Waals surface area contributed by atoms with Crippen LogP contribution >= 0.6 is 12.2 Å². The van der Waals surface area contributed by atoms with E-state index in [1.807, 2.05) is 48.9 Å². The SMILES string of the molecule is S=c1[nH]cc(-c2ccccc2)n1CCc1ccncc1. The van der Waals surface area contributed by atoms with Crippen molar-refractivity contribution >= 4 is 12.2 Å². The largest absolute Gasteiger partial charge is 0.337 e. The van der Waals surface area contributed by atoms with Crippen molar-refractivity contribution in [3.05, 3.63) is 71.4 Å². The van der Waals surface area contributed by atoms with Gasteiger partial charge < -0.3 is 9.55 Å². The molecule has 0 saturated carbocycles. The van der Waals surface area contributed by atoms with E-state index in [4.69, 9.17) is 12.2 Å². The number of pyridine rings is 1. The third-order valence-corrected chi connectivity index (χ3v) is 3.65. The van der Waals surface area contributed by atoms with Gasteiger partial charge in [-0.3, -0.25) is 4.98 Å². The topological polar surface area (TPSA) is 33.6 Å². The monoisotopic (exact) mass is 281 g/mol. The molecule has 3 rings (SSSR count). The molecule has 2 heterocycles. The van der Waals surface area contributed by atoms with Crippen molar-refractivity contribution in [3.63, 3.8) is 0 Å². The third-order valence-electron chi connectivity index (χ3n) is 3.31. The number of aromatic amines is 1. The first kappa shape index (κ1) is 12.8. The summed E-state index contributed by atoms with van der Waals surface area (Å²) in [5, 5.41) is 0. The fourth-order valence-corrected chi connectivity index (χ4v) is 2.50. The number of aromatic nitrogens is 3. The molecule has 0 fully saturated rings. The number of imidazole rings is 1. The number of hydrogen-bond acceptors (Lipinski definition) is 2. The molecule has 20 heavy (non-hydrogen) atoms. The Morgan fingerprint density at radius 3 is 2.55 bits per heavy atom. The minimum absolute atomic E-state index is 0.762. The molecule has 0 aliphatic heterocycles. The molecule has 1 aromatic carbocycles. The number of hydrogen-bond donors (Lipinski definition) is 1. The van der Waals surface area contributed by atoms with E-state index in [9.17, 15) is 0 Å². The van der Waals surface area contributed by atoms with Crippen LogP contribution in [0.25, 0.3) is 11.3 Å². The molecule has 3 aromatic rings. The van der Waals surface area contributed by atoms with Crippen molar-refractivity contribution in [1.82, 2.24) is 14.5 Å². The van der Waals surface area contributed by atoms with E-state index in [-0.39, 0.29) is 0 Å². The molecule has 0 amide bonds. The minimum atomic E-state index is 0.762. The van der Waals surface area contributed by atoms with Crippen LogP contribution in [-0.4, -0.2) is 14.5 Å². The standard InChI is InChI=1S/C16H15N3S/c20-16-18-12-15(14-4-2-1-3-5-14)19(16)11-8-13-6-9-17-10-7-13/h1-7,9-10,12H,8,11H2,(H,18,20). The lowest BCUT2D eigenvalue weighted by Gasteiger charge is -2.08. The molecule has 100 valence electrons. The summed E-state index contributed by atoms with van der Waals surface area (Å²) in [6, 6.07) is 14.4. The summed E-state index contributed by atoms with van der Waals surface area (Å²) < 4.78 is 2.91. The molecule has 0 aliphatic rings. The number of H-pyrrole nitrogens is 1. The second kappa shape index (κ2) is 5.84. The third kappa shape index (κ3) is 2.70. The van der Waals surface area contributed by atoms with Gasteiger partial charge in [0.05, 0.1) is 5.69 Å². The van der Waals surface area contributed by atoms with Crippen LogP contribution in [0, 0.1) is 4.77 Å². The molecule has 0 aliphatic carbocycles. The molecular weight excluding hydrogens is 266 g/mol. The van der Waals surface area contributed by atoms with Gasteiger partial charge in [0.2, 0.25) is 0 Å². The average molecular weight is 281 g/mol. The van der Waals surface area contributed by atoms with Crippen molar-refractivity contribution < 1.29 is 0 Å². The number of benzene rings is 1. The van der Waals surface area contributed by atoms with E-state index in [0.717, 1.165) is 23.4 Å². The maximum absolute atomic E-state index is 5.38. The summed E-state index contributed by atoms with van der Waals surface area (Å²) in [5.41, 5.74) is 3.57. The van der Waals surface area contributed by atoms with E-state index in [1.165, 1.54) is 11.1 Å². The van der Waals surface area contributed by atoms with Crippen molar-refractivity contribution in [2.75, 3.05) is 0 Å². The van der Waals surface area contributed by atoms with E-state index < -0.39 is 0 Å². The highest BCUT2D eigenvalue weighted by Gasteiger charge is 2.06. The normalized spacial score (nSPS) is 10.6. The Morgan fingerprint density at radius 1 is 1.05 bits per heavy atom. The van der Waals surface area contributed by atoms with Crippen molar-refractivity contribution in [1.29, 1.82) is 0 Å². The number of nitrogens with zero attached hydrogens (tertiary/aromatic N) is 2. The second-order valence-electron chi connectivity index (χ2n) is 4.60. The Hall–Kier alpha value is -2.20. The lowest BCUT2D eigenvalue weighted by atomic mass is 10.1. The first-order chi connectivity index (χ1) is 9.84. The Labute approximate surface area is 122 Å². The van der Waals surface area contributed by atoms with Crippen LogP contribution in [-0.2, 0) is 13.0 Å². The van der Waals surface area contributed by atoms with Crippen molar-refractivity contribution in [3.8, 4) is 11.3 Å². The average Bonchev–Trinajstić information content (AvgIpc) is 2.88. The summed E-state index contributed by atoms with van der Waals surface area (Å²) >= 11 is 5.38. The van der Waals surface area contributed by atoms with Crippen LogP contribution in [0.5, 0.6) is 0 Å². The molecular formula is C16H15N3S. The van der Waals surface area contributed by atoms with Crippen molar-refractivity contribution in [2.45, 2.75) is 13.0 Å². The van der Waals surface area contributed by atoms with E-state index in [0.29, 0.717) is 0 Å². The molecule has 0 bridgehead atoms. The maximum Gasteiger partial charge on any atom is 0.177 e. The summed E-state index contributed by atoms with van der Waals surface area (Å²) in [6.45, 7) is 0.858. The number of aryl methyl sites for hydroxylation is 1. The highest BCUT2D eigenvalue weighted by Crippen LogP contribution is 2.19. The van der Waals surface area contributed by atoms with E-state index >= 15 is 0 Å². The highest BCUT2D eigenvalue weighted by molar-refractivity contribution is 7.71. The van der Waals surface area contributed by atoms with Crippen LogP contribution < -0.4 is 0 Å². The summed E-state index contributed by atoms with van der Waals surface area (Å²) in [6.07, 6.45) is 6.56.